The zero-order chi connectivity index (χ0) is 30.4. The van der Waals surface area contributed by atoms with Crippen LogP contribution in [0, 0.1) is 5.92 Å². The summed E-state index contributed by atoms with van der Waals surface area (Å²) in [6.45, 7) is 4.31. The number of phenolic OH excluding ortho intramolecular Hbond substituents is 1. The monoisotopic (exact) mass is 569 g/mol. The van der Waals surface area contributed by atoms with Gasteiger partial charge in [0, 0.05) is 12.8 Å². The first-order valence-electron chi connectivity index (χ1n) is 13.9. The molecule has 0 aliphatic carbocycles. The van der Waals surface area contributed by atoms with E-state index >= 15 is 0 Å². The van der Waals surface area contributed by atoms with Crippen LogP contribution in [0.3, 0.4) is 0 Å². The number of aromatic hydroxyl groups is 1. The molecule has 0 radical (unpaired) electrons. The van der Waals surface area contributed by atoms with E-state index in [0.717, 1.165) is 12.0 Å². The molecular formula is C30H43N5O6. The zero-order valence-electron chi connectivity index (χ0n) is 23.7. The lowest BCUT2D eigenvalue weighted by atomic mass is 10.00. The molecule has 11 heteroatoms. The molecule has 224 valence electrons. The Morgan fingerprint density at radius 3 is 1.88 bits per heavy atom. The molecule has 2 aromatic carbocycles. The fourth-order valence-corrected chi connectivity index (χ4v) is 4.29. The molecule has 0 bridgehead atoms. The van der Waals surface area contributed by atoms with Crippen molar-refractivity contribution in [2.75, 3.05) is 6.54 Å². The average molecular weight is 570 g/mol. The maximum Gasteiger partial charge on any atom is 0.326 e. The van der Waals surface area contributed by atoms with Crippen LogP contribution < -0.4 is 27.4 Å². The molecule has 0 aliphatic heterocycles. The highest BCUT2D eigenvalue weighted by atomic mass is 16.4. The second kappa shape index (κ2) is 17.0. The maximum absolute atomic E-state index is 13.4. The number of hydrogen-bond acceptors (Lipinski definition) is 7. The van der Waals surface area contributed by atoms with Crippen molar-refractivity contribution in [1.82, 2.24) is 16.0 Å². The van der Waals surface area contributed by atoms with Gasteiger partial charge >= 0.3 is 5.97 Å². The topological polar surface area (TPSA) is 197 Å². The minimum Gasteiger partial charge on any atom is -0.508 e. The molecular weight excluding hydrogens is 526 g/mol. The molecule has 0 saturated carbocycles. The maximum atomic E-state index is 13.4. The molecule has 0 aromatic heterocycles. The predicted molar refractivity (Wildman–Crippen MR) is 156 cm³/mol. The largest absolute Gasteiger partial charge is 0.508 e. The standard InChI is InChI=1S/C30H43N5O6/c1-19(2)16-24(33-27(37)23(32)10-6-7-15-31)28(38)34-25(17-20-8-4-3-5-9-20)29(39)35-26(30(40)41)18-21-11-13-22(36)14-12-21/h3-5,8-9,11-14,19,23-26,36H,6-7,10,15-18,31-32H2,1-2H3,(H,33,37)(H,34,38)(H,35,39)(H,40,41). The van der Waals surface area contributed by atoms with Crippen LogP contribution in [0.25, 0.3) is 0 Å². The van der Waals surface area contributed by atoms with Crippen molar-refractivity contribution in [2.24, 2.45) is 17.4 Å². The number of unbranched alkanes of at least 4 members (excludes halogenated alkanes) is 1. The van der Waals surface area contributed by atoms with Crippen molar-refractivity contribution in [1.29, 1.82) is 0 Å². The van der Waals surface area contributed by atoms with Crippen molar-refractivity contribution >= 4 is 23.7 Å². The fraction of sp³-hybridized carbons (Fsp3) is 0.467. The molecule has 0 fully saturated rings. The van der Waals surface area contributed by atoms with E-state index < -0.39 is 47.9 Å². The molecule has 0 heterocycles. The van der Waals surface area contributed by atoms with E-state index in [1.807, 2.05) is 19.9 Å². The lowest BCUT2D eigenvalue weighted by Crippen LogP contribution is -2.58. The second-order valence-corrected chi connectivity index (χ2v) is 10.6. The lowest BCUT2D eigenvalue weighted by molar-refractivity contribution is -0.142. The summed E-state index contributed by atoms with van der Waals surface area (Å²) in [5, 5.41) is 27.3. The number of nitrogens with one attached hydrogen (secondary N) is 3. The van der Waals surface area contributed by atoms with E-state index in [2.05, 4.69) is 16.0 Å². The van der Waals surface area contributed by atoms with Gasteiger partial charge < -0.3 is 37.6 Å². The van der Waals surface area contributed by atoms with E-state index in [0.29, 0.717) is 31.4 Å². The highest BCUT2D eigenvalue weighted by Crippen LogP contribution is 2.13. The number of carboxylic acids is 1. The van der Waals surface area contributed by atoms with E-state index in [4.69, 9.17) is 11.5 Å². The fourth-order valence-electron chi connectivity index (χ4n) is 4.29. The number of nitrogens with two attached hydrogens (primary N) is 2. The van der Waals surface area contributed by atoms with Crippen molar-refractivity contribution in [3.63, 3.8) is 0 Å². The molecule has 0 aliphatic rings. The van der Waals surface area contributed by atoms with Crippen LogP contribution in [-0.4, -0.2) is 64.6 Å². The molecule has 41 heavy (non-hydrogen) atoms. The van der Waals surface area contributed by atoms with Gasteiger partial charge in [0.15, 0.2) is 0 Å². The smallest absolute Gasteiger partial charge is 0.326 e. The molecule has 0 saturated heterocycles. The Bertz CT molecular complexity index is 1130. The summed E-state index contributed by atoms with van der Waals surface area (Å²) < 4.78 is 0. The van der Waals surface area contributed by atoms with E-state index in [-0.39, 0.29) is 24.5 Å². The Kier molecular flexibility index (Phi) is 13.8. The van der Waals surface area contributed by atoms with E-state index in [1.165, 1.54) is 12.1 Å². The van der Waals surface area contributed by atoms with Gasteiger partial charge in [-0.3, -0.25) is 14.4 Å². The first-order chi connectivity index (χ1) is 19.5. The van der Waals surface area contributed by atoms with Gasteiger partial charge in [0.2, 0.25) is 17.7 Å². The Labute approximate surface area is 241 Å². The SMILES string of the molecule is CC(C)CC(NC(=O)C(N)CCCCN)C(=O)NC(Cc1ccccc1)C(=O)NC(Cc1ccc(O)cc1)C(=O)O. The van der Waals surface area contributed by atoms with Gasteiger partial charge in [0.05, 0.1) is 6.04 Å². The normalized spacial score (nSPS) is 14.0. The van der Waals surface area contributed by atoms with Gasteiger partial charge in [-0.2, -0.15) is 0 Å². The molecule has 0 spiro atoms. The number of carbonyl (C=O) groups is 4. The molecule has 4 atom stereocenters. The third-order valence-corrected chi connectivity index (χ3v) is 6.55. The zero-order valence-corrected chi connectivity index (χ0v) is 23.7. The third kappa shape index (κ3) is 12.0. The van der Waals surface area contributed by atoms with Crippen molar-refractivity contribution < 1.29 is 29.4 Å². The number of benzene rings is 2. The van der Waals surface area contributed by atoms with Crippen molar-refractivity contribution in [2.45, 2.75) is 76.5 Å². The predicted octanol–water partition coefficient (Wildman–Crippen LogP) is 1.22. The van der Waals surface area contributed by atoms with E-state index in [9.17, 15) is 29.4 Å². The number of amides is 3. The first kappa shape index (κ1) is 33.2. The summed E-state index contributed by atoms with van der Waals surface area (Å²) in [7, 11) is 0. The summed E-state index contributed by atoms with van der Waals surface area (Å²) >= 11 is 0. The van der Waals surface area contributed by atoms with E-state index in [1.54, 1.807) is 36.4 Å². The van der Waals surface area contributed by atoms with Gasteiger partial charge in [-0.1, -0.05) is 62.7 Å². The van der Waals surface area contributed by atoms with Gasteiger partial charge in [-0.25, -0.2) is 4.79 Å². The Morgan fingerprint density at radius 2 is 1.29 bits per heavy atom. The minimum absolute atomic E-state index is 0.0264. The Hall–Kier alpha value is -3.96. The Balaban J connectivity index is 2.21. The van der Waals surface area contributed by atoms with Crippen LogP contribution in [-0.2, 0) is 32.0 Å². The third-order valence-electron chi connectivity index (χ3n) is 6.55. The molecule has 11 nitrogen and oxygen atoms in total. The second-order valence-electron chi connectivity index (χ2n) is 10.6. The van der Waals surface area contributed by atoms with Crippen LogP contribution >= 0.6 is 0 Å². The van der Waals surface area contributed by atoms with Gasteiger partial charge in [-0.05, 0) is 55.0 Å². The van der Waals surface area contributed by atoms with Crippen LogP contribution in [0.2, 0.25) is 0 Å². The highest BCUT2D eigenvalue weighted by molar-refractivity contribution is 5.94. The van der Waals surface area contributed by atoms with Crippen LogP contribution in [0.1, 0.15) is 50.7 Å². The summed E-state index contributed by atoms with van der Waals surface area (Å²) in [6.07, 6.45) is 2.23. The summed E-state index contributed by atoms with van der Waals surface area (Å²) in [5.41, 5.74) is 12.9. The molecule has 2 aromatic rings. The number of rotatable bonds is 17. The lowest BCUT2D eigenvalue weighted by Gasteiger charge is -2.26. The highest BCUT2D eigenvalue weighted by Gasteiger charge is 2.31. The number of carboxylic acid groups (broad SMARTS) is 1. The molecule has 2 rings (SSSR count). The Morgan fingerprint density at radius 1 is 0.756 bits per heavy atom. The van der Waals surface area contributed by atoms with Crippen molar-refractivity contribution in [3.05, 3.63) is 65.7 Å². The van der Waals surface area contributed by atoms with Gasteiger partial charge in [0.1, 0.15) is 23.9 Å². The van der Waals surface area contributed by atoms with Gasteiger partial charge in [0.25, 0.3) is 0 Å². The minimum atomic E-state index is -1.28. The summed E-state index contributed by atoms with van der Waals surface area (Å²) in [4.78, 5) is 51.6. The molecule has 9 N–H and O–H groups in total. The van der Waals surface area contributed by atoms with Crippen LogP contribution in [0.15, 0.2) is 54.6 Å². The number of hydrogen-bond donors (Lipinski definition) is 7. The quantitative estimate of drug-likeness (QED) is 0.138. The molecule has 3 amide bonds. The number of phenols is 1. The first-order valence-corrected chi connectivity index (χ1v) is 13.9. The molecule has 4 unspecified atom stereocenters. The van der Waals surface area contributed by atoms with Crippen molar-refractivity contribution in [3.8, 4) is 5.75 Å². The number of carbonyl (C=O) groups excluding carboxylic acids is 3. The van der Waals surface area contributed by atoms with Crippen LogP contribution in [0.4, 0.5) is 0 Å². The average Bonchev–Trinajstić information content (AvgIpc) is 2.93. The number of aliphatic carboxylic acids is 1. The summed E-state index contributed by atoms with van der Waals surface area (Å²) in [6, 6.07) is 10.9. The van der Waals surface area contributed by atoms with Gasteiger partial charge in [-0.15, -0.1) is 0 Å². The van der Waals surface area contributed by atoms with Crippen LogP contribution in [0.5, 0.6) is 5.75 Å². The summed E-state index contributed by atoms with van der Waals surface area (Å²) in [5.74, 6) is -2.88.